The second-order valence-corrected chi connectivity index (χ2v) is 2.31. The molecule has 0 spiro atoms. The predicted molar refractivity (Wildman–Crippen MR) is 29.5 cm³/mol. The largest absolute Gasteiger partial charge is 0.221 e. The average Bonchev–Trinajstić information content (AvgIpc) is 2.11. The number of nitrogens with zero attached hydrogens (tertiary/aromatic N) is 4. The molecule has 0 aliphatic heterocycles. The minimum atomic E-state index is 0.542. The summed E-state index contributed by atoms with van der Waals surface area (Å²) in [6.45, 7) is 0. The number of hydrogen-bond donors (Lipinski definition) is 0. The lowest BCUT2D eigenvalue weighted by Gasteiger charge is -2.23. The van der Waals surface area contributed by atoms with Crippen LogP contribution in [0.3, 0.4) is 0 Å². The van der Waals surface area contributed by atoms with E-state index >= 15 is 0 Å². The van der Waals surface area contributed by atoms with Gasteiger partial charge in [-0.15, -0.1) is 5.10 Å². The summed E-state index contributed by atoms with van der Waals surface area (Å²) in [6, 6.07) is 0.542. The Bertz CT molecular complexity index is 177. The van der Waals surface area contributed by atoms with Gasteiger partial charge in [0.15, 0.2) is 0 Å². The summed E-state index contributed by atoms with van der Waals surface area (Å²) >= 11 is 0. The van der Waals surface area contributed by atoms with Gasteiger partial charge in [-0.05, 0) is 29.7 Å². The van der Waals surface area contributed by atoms with Gasteiger partial charge in [0.1, 0.15) is 0 Å². The Hall–Kier alpha value is -0.930. The molecule has 0 atom stereocenters. The first-order chi connectivity index (χ1) is 4.47. The van der Waals surface area contributed by atoms with Crippen LogP contribution in [0.4, 0.5) is 0 Å². The van der Waals surface area contributed by atoms with Crippen molar-refractivity contribution in [2.75, 3.05) is 0 Å². The third kappa shape index (κ3) is 0.704. The van der Waals surface area contributed by atoms with Crippen LogP contribution in [-0.2, 0) is 0 Å². The molecule has 0 bridgehead atoms. The van der Waals surface area contributed by atoms with Crippen molar-refractivity contribution in [3.8, 4) is 0 Å². The van der Waals surface area contributed by atoms with Gasteiger partial charge in [0.05, 0.1) is 6.04 Å². The number of aromatic nitrogens is 4. The van der Waals surface area contributed by atoms with E-state index in [0.717, 1.165) is 0 Å². The molecule has 1 fully saturated rings. The van der Waals surface area contributed by atoms with E-state index in [4.69, 9.17) is 0 Å². The van der Waals surface area contributed by atoms with Crippen LogP contribution in [0, 0.1) is 6.33 Å². The number of tetrazole rings is 1. The number of hydrogen-bond acceptors (Lipinski definition) is 3. The summed E-state index contributed by atoms with van der Waals surface area (Å²) in [4.78, 5) is 0. The van der Waals surface area contributed by atoms with Gasteiger partial charge < -0.3 is 0 Å². The first kappa shape index (κ1) is 4.90. The highest BCUT2D eigenvalue weighted by Gasteiger charge is 2.19. The third-order valence-electron chi connectivity index (χ3n) is 1.75. The SMILES string of the molecule is [c]1nnnn1C1CCC1. The molecule has 47 valence electrons. The van der Waals surface area contributed by atoms with Gasteiger partial charge in [-0.1, -0.05) is 0 Å². The summed E-state index contributed by atoms with van der Waals surface area (Å²) in [5.74, 6) is 0. The van der Waals surface area contributed by atoms with Crippen LogP contribution in [0.25, 0.3) is 0 Å². The van der Waals surface area contributed by atoms with Gasteiger partial charge in [-0.25, -0.2) is 4.68 Å². The monoisotopic (exact) mass is 123 g/mol. The standard InChI is InChI=1S/C5H7N4/c1-2-5(3-1)9-4-6-7-8-9/h5H,1-3H2. The molecule has 1 aromatic rings. The van der Waals surface area contributed by atoms with E-state index in [-0.39, 0.29) is 0 Å². The second kappa shape index (κ2) is 1.79. The zero-order valence-electron chi connectivity index (χ0n) is 4.99. The van der Waals surface area contributed by atoms with Crippen LogP contribution in [0.5, 0.6) is 0 Å². The normalized spacial score (nSPS) is 19.6. The molecule has 9 heavy (non-hydrogen) atoms. The highest BCUT2D eigenvalue weighted by Crippen LogP contribution is 2.29. The van der Waals surface area contributed by atoms with Gasteiger partial charge >= 0.3 is 0 Å². The van der Waals surface area contributed by atoms with Crippen LogP contribution in [0.15, 0.2) is 0 Å². The van der Waals surface area contributed by atoms with E-state index in [0.29, 0.717) is 6.04 Å². The maximum Gasteiger partial charge on any atom is 0.221 e. The zero-order valence-corrected chi connectivity index (χ0v) is 4.99. The molecule has 1 radical (unpaired) electrons. The molecule has 0 unspecified atom stereocenters. The second-order valence-electron chi connectivity index (χ2n) is 2.31. The van der Waals surface area contributed by atoms with Crippen molar-refractivity contribution in [3.05, 3.63) is 6.33 Å². The van der Waals surface area contributed by atoms with Crippen molar-refractivity contribution in [3.63, 3.8) is 0 Å². The fourth-order valence-corrected chi connectivity index (χ4v) is 0.935. The van der Waals surface area contributed by atoms with E-state index in [1.165, 1.54) is 19.3 Å². The molecule has 0 N–H and O–H groups in total. The minimum Gasteiger partial charge on any atom is -0.220 e. The Labute approximate surface area is 52.9 Å². The third-order valence-corrected chi connectivity index (χ3v) is 1.75. The molecular weight excluding hydrogens is 116 g/mol. The van der Waals surface area contributed by atoms with E-state index in [1.807, 2.05) is 0 Å². The average molecular weight is 123 g/mol. The Morgan fingerprint density at radius 2 is 2.33 bits per heavy atom. The summed E-state index contributed by atoms with van der Waals surface area (Å²) in [7, 11) is 0. The predicted octanol–water partition coefficient (Wildman–Crippen LogP) is 0.198. The molecule has 1 heterocycles. The van der Waals surface area contributed by atoms with Crippen molar-refractivity contribution in [1.29, 1.82) is 0 Å². The summed E-state index contributed by atoms with van der Waals surface area (Å²) in [5, 5.41) is 10.7. The fraction of sp³-hybridized carbons (Fsp3) is 0.800. The Balaban J connectivity index is 2.14. The van der Waals surface area contributed by atoms with Gasteiger partial charge in [-0.3, -0.25) is 0 Å². The first-order valence-corrected chi connectivity index (χ1v) is 3.12. The quantitative estimate of drug-likeness (QED) is 0.535. The highest BCUT2D eigenvalue weighted by molar-refractivity contribution is 4.73. The van der Waals surface area contributed by atoms with Crippen LogP contribution in [-0.4, -0.2) is 20.2 Å². The Morgan fingerprint density at radius 3 is 2.78 bits per heavy atom. The van der Waals surface area contributed by atoms with Crippen molar-refractivity contribution < 1.29 is 0 Å². The first-order valence-electron chi connectivity index (χ1n) is 3.12. The summed E-state index contributed by atoms with van der Waals surface area (Å²) in [5.41, 5.74) is 0. The number of rotatable bonds is 1. The minimum absolute atomic E-state index is 0.542. The van der Waals surface area contributed by atoms with Crippen molar-refractivity contribution in [2.24, 2.45) is 0 Å². The molecule has 0 aromatic carbocycles. The van der Waals surface area contributed by atoms with Crippen LogP contribution in [0.1, 0.15) is 25.3 Å². The molecule has 1 saturated carbocycles. The Morgan fingerprint density at radius 1 is 1.44 bits per heavy atom. The van der Waals surface area contributed by atoms with Crippen molar-refractivity contribution >= 4 is 0 Å². The summed E-state index contributed by atoms with van der Waals surface area (Å²) < 4.78 is 1.71. The maximum atomic E-state index is 3.74. The van der Waals surface area contributed by atoms with Gasteiger partial charge in [0.25, 0.3) is 0 Å². The van der Waals surface area contributed by atoms with Gasteiger partial charge in [0.2, 0.25) is 6.33 Å². The smallest absolute Gasteiger partial charge is 0.220 e. The lowest BCUT2D eigenvalue weighted by atomic mass is 9.94. The molecule has 1 aliphatic carbocycles. The molecule has 0 saturated heterocycles. The molecule has 1 aliphatic rings. The van der Waals surface area contributed by atoms with E-state index in [1.54, 1.807) is 4.68 Å². The van der Waals surface area contributed by atoms with Crippen LogP contribution >= 0.6 is 0 Å². The van der Waals surface area contributed by atoms with Crippen LogP contribution in [0.2, 0.25) is 0 Å². The maximum absolute atomic E-state index is 3.74. The van der Waals surface area contributed by atoms with Crippen LogP contribution < -0.4 is 0 Å². The van der Waals surface area contributed by atoms with E-state index < -0.39 is 0 Å². The molecule has 2 rings (SSSR count). The lowest BCUT2D eigenvalue weighted by molar-refractivity contribution is 0.283. The molecule has 1 aromatic heterocycles. The van der Waals surface area contributed by atoms with E-state index in [9.17, 15) is 0 Å². The van der Waals surface area contributed by atoms with Gasteiger partial charge in [-0.2, -0.15) is 0 Å². The Kier molecular flexibility index (Phi) is 0.974. The van der Waals surface area contributed by atoms with E-state index in [2.05, 4.69) is 21.9 Å². The molecule has 0 amide bonds. The topological polar surface area (TPSA) is 43.6 Å². The molecule has 4 nitrogen and oxygen atoms in total. The zero-order chi connectivity index (χ0) is 6.10. The highest BCUT2D eigenvalue weighted by atomic mass is 15.5. The summed E-state index contributed by atoms with van der Waals surface area (Å²) in [6.07, 6.45) is 6.41. The fourth-order valence-electron chi connectivity index (χ4n) is 0.935. The lowest BCUT2D eigenvalue weighted by Crippen LogP contribution is -2.17. The van der Waals surface area contributed by atoms with Crippen molar-refractivity contribution in [1.82, 2.24) is 20.2 Å². The molecular formula is C5H7N4. The van der Waals surface area contributed by atoms with Gasteiger partial charge in [0, 0.05) is 0 Å². The molecule has 4 heteroatoms. The van der Waals surface area contributed by atoms with Crippen molar-refractivity contribution in [2.45, 2.75) is 25.3 Å².